The van der Waals surface area contributed by atoms with Crippen LogP contribution in [0, 0.1) is 18.8 Å². The number of aliphatic carboxylic acids is 2. The molecule has 8 heterocycles. The number of aromatic nitrogens is 7. The molecule has 0 saturated heterocycles. The zero-order chi connectivity index (χ0) is 60.6. The van der Waals surface area contributed by atoms with Crippen LogP contribution in [0.2, 0.25) is 0 Å². The number of carboxylic acids is 2. The number of nitrogens with one attached hydrogen (secondary N) is 5. The molecule has 7 aromatic heterocycles. The molecule has 0 radical (unpaired) electrons. The number of ether oxygens (including phenoxy) is 1. The predicted molar refractivity (Wildman–Crippen MR) is 320 cm³/mol. The van der Waals surface area contributed by atoms with Gasteiger partial charge in [0.25, 0.3) is 11.8 Å². The molecule has 10 bridgehead atoms. The van der Waals surface area contributed by atoms with Crippen molar-refractivity contribution in [1.82, 2.24) is 56.2 Å². The second-order valence-corrected chi connectivity index (χ2v) is 25.5. The van der Waals surface area contributed by atoms with Crippen LogP contribution in [0.5, 0.6) is 0 Å². The van der Waals surface area contributed by atoms with Crippen molar-refractivity contribution >= 4 is 121 Å². The van der Waals surface area contributed by atoms with Crippen molar-refractivity contribution in [2.45, 2.75) is 83.6 Å². The van der Waals surface area contributed by atoms with Crippen molar-refractivity contribution in [2.24, 2.45) is 11.8 Å². The first-order valence-electron chi connectivity index (χ1n) is 26.2. The van der Waals surface area contributed by atoms with Gasteiger partial charge in [0.2, 0.25) is 17.7 Å². The van der Waals surface area contributed by atoms with E-state index < -0.39 is 84.5 Å². The molecule has 1 aromatic carbocycles. The number of ketones is 1. The standard InChI is InChI=1S/C55H54N12O12S6/c1-24(2)29-16-35(68)42-25(3)84-53(66-42)31(17-39(70)56-4)59-47(75)33-21-80-49(61-33)28-12-13-30(51-64-37(23-83-51)63-38(69)14-11-27(55(77)78)15-41(72)73)58-43(28)32-20-81-52(60-32)34-22-82-54(62-34)45(46(74)26-9-7-6-8-10-26)65-40(71)18-57-48(76)44-36(19-79-5)85-50(29)67-44/h6-10,12-13,20-24,27,29,31,45-46,74H,11,14-19H2,1-5H3,(H,56,70)(H,57,76)(H,59,75)(H,63,69)(H,65,71)(H,72,73)(H,77,78)/t27-,29-,31-,45-,46-/m0/s1. The fourth-order valence-electron chi connectivity index (χ4n) is 8.93. The summed E-state index contributed by atoms with van der Waals surface area (Å²) in [5, 5.41) is 53.0. The lowest BCUT2D eigenvalue weighted by atomic mass is 9.90. The van der Waals surface area contributed by atoms with Crippen molar-refractivity contribution in [3.63, 3.8) is 0 Å². The molecule has 24 nitrogen and oxygen atoms in total. The Bertz CT molecular complexity index is 3810. The number of methoxy groups -OCH3 is 1. The van der Waals surface area contributed by atoms with Gasteiger partial charge < -0.3 is 46.6 Å². The van der Waals surface area contributed by atoms with E-state index in [1.54, 1.807) is 70.9 Å². The first-order chi connectivity index (χ1) is 40.8. The Morgan fingerprint density at radius 2 is 1.44 bits per heavy atom. The normalized spacial score (nSPS) is 16.6. The van der Waals surface area contributed by atoms with Gasteiger partial charge in [-0.2, -0.15) is 0 Å². The lowest BCUT2D eigenvalue weighted by molar-refractivity contribution is -0.148. The van der Waals surface area contributed by atoms with Gasteiger partial charge in [-0.3, -0.25) is 38.4 Å². The van der Waals surface area contributed by atoms with Crippen LogP contribution in [0.3, 0.4) is 0 Å². The van der Waals surface area contributed by atoms with Gasteiger partial charge in [-0.25, -0.2) is 34.9 Å². The van der Waals surface area contributed by atoms with Gasteiger partial charge in [0.05, 0.1) is 53.5 Å². The minimum absolute atomic E-state index is 0.000771. The summed E-state index contributed by atoms with van der Waals surface area (Å²) in [5.74, 6) is -7.63. The maximum Gasteiger partial charge on any atom is 0.307 e. The third kappa shape index (κ3) is 14.8. The van der Waals surface area contributed by atoms with Crippen molar-refractivity contribution < 1.29 is 58.4 Å². The summed E-state index contributed by atoms with van der Waals surface area (Å²) >= 11 is 7.06. The highest BCUT2D eigenvalue weighted by Crippen LogP contribution is 2.41. The third-order valence-corrected chi connectivity index (χ3v) is 19.1. The largest absolute Gasteiger partial charge is 0.481 e. The predicted octanol–water partition coefficient (Wildman–Crippen LogP) is 8.09. The van der Waals surface area contributed by atoms with Crippen molar-refractivity contribution in [3.8, 4) is 43.4 Å². The molecule has 5 atom stereocenters. The number of carboxylic acid groups (broad SMARTS) is 2. The van der Waals surface area contributed by atoms with Crippen LogP contribution in [0.25, 0.3) is 43.4 Å². The first-order valence-corrected chi connectivity index (χ1v) is 31.3. The van der Waals surface area contributed by atoms with E-state index in [0.29, 0.717) is 73.7 Å². The molecule has 0 spiro atoms. The van der Waals surface area contributed by atoms with Crippen LogP contribution in [0.15, 0.2) is 64.0 Å². The third-order valence-electron chi connectivity index (χ3n) is 13.4. The average molecular weight is 1270 g/mol. The van der Waals surface area contributed by atoms with Crippen LogP contribution in [0.4, 0.5) is 5.82 Å². The minimum Gasteiger partial charge on any atom is -0.481 e. The summed E-state index contributed by atoms with van der Waals surface area (Å²) in [6.07, 6.45) is -2.70. The fraction of sp³-hybridized carbons (Fsp3) is 0.327. The van der Waals surface area contributed by atoms with E-state index in [9.17, 15) is 48.6 Å². The van der Waals surface area contributed by atoms with Gasteiger partial charge in [0.1, 0.15) is 77.2 Å². The lowest BCUT2D eigenvalue weighted by Gasteiger charge is -2.23. The Labute approximate surface area is 508 Å². The molecule has 1 aliphatic heterocycles. The topological polar surface area (TPSA) is 357 Å². The molecular weight excluding hydrogens is 1210 g/mol. The summed E-state index contributed by atoms with van der Waals surface area (Å²) in [7, 11) is 2.94. The number of rotatable bonds is 15. The smallest absolute Gasteiger partial charge is 0.307 e. The molecule has 85 heavy (non-hydrogen) atoms. The maximum absolute atomic E-state index is 14.3. The highest BCUT2D eigenvalue weighted by Gasteiger charge is 2.33. The number of hydrogen-bond acceptors (Lipinski definition) is 23. The van der Waals surface area contributed by atoms with E-state index >= 15 is 0 Å². The highest BCUT2D eigenvalue weighted by atomic mass is 32.1. The van der Waals surface area contributed by atoms with E-state index in [2.05, 4.69) is 31.6 Å². The fourth-order valence-corrected chi connectivity index (χ4v) is 14.5. The highest BCUT2D eigenvalue weighted by molar-refractivity contribution is 7.15. The Balaban J connectivity index is 1.10. The molecule has 0 fully saturated rings. The van der Waals surface area contributed by atoms with E-state index in [-0.39, 0.29) is 66.9 Å². The summed E-state index contributed by atoms with van der Waals surface area (Å²) in [5.41, 5.74) is 2.53. The van der Waals surface area contributed by atoms with Crippen molar-refractivity contribution in [3.05, 3.63) is 111 Å². The molecule has 5 amide bonds. The Morgan fingerprint density at radius 3 is 2.16 bits per heavy atom. The maximum atomic E-state index is 14.3. The van der Waals surface area contributed by atoms with Crippen LogP contribution < -0.4 is 26.6 Å². The Hall–Kier alpha value is -7.97. The van der Waals surface area contributed by atoms with Gasteiger partial charge in [-0.15, -0.1) is 68.0 Å². The van der Waals surface area contributed by atoms with Gasteiger partial charge in [0.15, 0.2) is 5.78 Å². The van der Waals surface area contributed by atoms with E-state index in [1.807, 2.05) is 13.8 Å². The number of hydrogen-bond donors (Lipinski definition) is 8. The SMILES string of the molecule is CNC(=O)C[C@@H]1NC(=O)c2csc(n2)-c2ccc(-c3nc(NC(=O)CC[C@@H](CC(=O)O)C(=O)O)cs3)nc2-c2csc(n2)-c2csc(n2)[C@H]([C@@H](O)c2ccccc2)NC(=O)CNC(=O)c2nc(sc2COC)[C@H](C(C)C)CC(=O)c2nc1sc2C. The second-order valence-electron chi connectivity index (χ2n) is 19.7. The number of aliphatic hydroxyl groups is 1. The molecule has 9 rings (SSSR count). The zero-order valence-electron chi connectivity index (χ0n) is 45.9. The molecular formula is C55H54N12O12S6. The number of thiazole rings is 6. The van der Waals surface area contributed by atoms with Gasteiger partial charge in [-0.1, -0.05) is 44.2 Å². The lowest BCUT2D eigenvalue weighted by Crippen LogP contribution is -2.40. The van der Waals surface area contributed by atoms with Crippen molar-refractivity contribution in [2.75, 3.05) is 26.0 Å². The van der Waals surface area contributed by atoms with Gasteiger partial charge in [0, 0.05) is 64.9 Å². The summed E-state index contributed by atoms with van der Waals surface area (Å²) in [6, 6.07) is 10.0. The number of aryl methyl sites for hydroxylation is 1. The van der Waals surface area contributed by atoms with Crippen LogP contribution >= 0.6 is 68.0 Å². The second kappa shape index (κ2) is 27.4. The number of benzene rings is 1. The van der Waals surface area contributed by atoms with Gasteiger partial charge >= 0.3 is 11.9 Å². The molecule has 1 aliphatic rings. The summed E-state index contributed by atoms with van der Waals surface area (Å²) < 4.78 is 5.46. The number of amides is 5. The van der Waals surface area contributed by atoms with E-state index in [1.165, 1.54) is 48.2 Å². The van der Waals surface area contributed by atoms with Crippen LogP contribution in [0.1, 0.15) is 132 Å². The van der Waals surface area contributed by atoms with E-state index in [4.69, 9.17) is 39.7 Å². The molecule has 8 N–H and O–H groups in total. The number of aliphatic hydroxyl groups excluding tert-OH is 1. The molecule has 0 aliphatic carbocycles. The van der Waals surface area contributed by atoms with Crippen molar-refractivity contribution in [1.29, 1.82) is 0 Å². The van der Waals surface area contributed by atoms with E-state index in [0.717, 1.165) is 34.0 Å². The Kier molecular flexibility index (Phi) is 19.8. The van der Waals surface area contributed by atoms with Crippen LogP contribution in [-0.4, -0.2) is 118 Å². The molecule has 0 unspecified atom stereocenters. The number of carbonyl (C=O) groups excluding carboxylic acids is 6. The Morgan fingerprint density at radius 1 is 0.729 bits per heavy atom. The number of Topliss-reactive ketones (excluding diaryl/α,β-unsaturated/α-hetero) is 1. The monoisotopic (exact) mass is 1270 g/mol. The number of carbonyl (C=O) groups is 8. The van der Waals surface area contributed by atoms with Crippen LogP contribution in [-0.2, 0) is 35.3 Å². The average Bonchev–Trinajstić information content (AvgIpc) is 3.50. The molecule has 30 heteroatoms. The number of pyridine rings is 1. The number of anilines is 1. The first kappa shape index (κ1) is 61.6. The molecule has 442 valence electrons. The zero-order valence-corrected chi connectivity index (χ0v) is 50.8. The number of nitrogens with zero attached hydrogens (tertiary/aromatic N) is 7. The molecule has 0 saturated carbocycles. The summed E-state index contributed by atoms with van der Waals surface area (Å²) in [6.45, 7) is 5.09. The van der Waals surface area contributed by atoms with Gasteiger partial charge in [-0.05, 0) is 37.0 Å². The molecule has 8 aromatic rings. The minimum atomic E-state index is -1.33. The number of fused-ring (bicyclic) bond motifs is 14. The quantitative estimate of drug-likeness (QED) is 0.0480. The summed E-state index contributed by atoms with van der Waals surface area (Å²) in [4.78, 5) is 140.